The minimum absolute atomic E-state index is 0.0800. The summed E-state index contributed by atoms with van der Waals surface area (Å²) in [6.45, 7) is 4.12. The van der Waals surface area contributed by atoms with Gasteiger partial charge in [0.05, 0.1) is 13.7 Å². The van der Waals surface area contributed by atoms with Gasteiger partial charge in [0.1, 0.15) is 11.3 Å². The maximum absolute atomic E-state index is 13.1. The summed E-state index contributed by atoms with van der Waals surface area (Å²) in [5, 5.41) is 0.446. The van der Waals surface area contributed by atoms with Gasteiger partial charge in [-0.15, -0.1) is 0 Å². The zero-order chi connectivity index (χ0) is 23.8. The Hall–Kier alpha value is -3.31. The number of fused-ring (bicyclic) bond motifs is 1. The molecule has 0 radical (unpaired) electrons. The van der Waals surface area contributed by atoms with E-state index >= 15 is 0 Å². The molecule has 0 unspecified atom stereocenters. The van der Waals surface area contributed by atoms with Gasteiger partial charge in [-0.1, -0.05) is 0 Å². The first-order valence-corrected chi connectivity index (χ1v) is 11.8. The van der Waals surface area contributed by atoms with Crippen LogP contribution in [0, 0.1) is 6.92 Å². The number of amides is 1. The normalized spacial score (nSPS) is 15.1. The van der Waals surface area contributed by atoms with Crippen LogP contribution in [0.15, 0.2) is 44.3 Å². The second kappa shape index (κ2) is 8.91. The maximum atomic E-state index is 13.1. The van der Waals surface area contributed by atoms with Crippen LogP contribution in [0.5, 0.6) is 5.75 Å². The predicted octanol–water partition coefficient (Wildman–Crippen LogP) is 2.67. The average Bonchev–Trinajstić information content (AvgIpc) is 3.45. The van der Waals surface area contributed by atoms with Gasteiger partial charge in [-0.25, -0.2) is 13.2 Å². The van der Waals surface area contributed by atoms with E-state index in [2.05, 4.69) is 0 Å². The molecule has 2 aromatic heterocycles. The number of methoxy groups -OCH3 is 1. The number of aryl methyl sites for hydroxylation is 1. The lowest BCUT2D eigenvalue weighted by atomic mass is 10.1. The number of sulfonamides is 1. The quantitative estimate of drug-likeness (QED) is 0.498. The molecule has 4 rings (SSSR count). The molecule has 176 valence electrons. The molecule has 1 aromatic carbocycles. The topological polar surface area (TPSA) is 120 Å². The first-order valence-electron chi connectivity index (χ1n) is 10.4. The Balaban J connectivity index is 1.46. The molecule has 10 nitrogen and oxygen atoms in total. The SMILES string of the molecule is CCOC(=O)c1ccc(S(=O)(=O)N2CCN(C(=O)c3oc4ccc(OC)cc4c3C)CC2)o1. The molecule has 0 atom stereocenters. The van der Waals surface area contributed by atoms with Gasteiger partial charge >= 0.3 is 5.97 Å². The van der Waals surface area contributed by atoms with Crippen LogP contribution < -0.4 is 4.74 Å². The van der Waals surface area contributed by atoms with Crippen molar-refractivity contribution in [2.24, 2.45) is 0 Å². The van der Waals surface area contributed by atoms with Gasteiger partial charge in [-0.2, -0.15) is 4.31 Å². The summed E-state index contributed by atoms with van der Waals surface area (Å²) in [7, 11) is -2.39. The van der Waals surface area contributed by atoms with Crippen LogP contribution in [0.25, 0.3) is 11.0 Å². The van der Waals surface area contributed by atoms with Crippen molar-refractivity contribution in [3.05, 3.63) is 47.4 Å². The molecule has 33 heavy (non-hydrogen) atoms. The summed E-state index contributed by atoms with van der Waals surface area (Å²) < 4.78 is 48.1. The van der Waals surface area contributed by atoms with Crippen molar-refractivity contribution in [3.63, 3.8) is 0 Å². The van der Waals surface area contributed by atoms with Gasteiger partial charge in [0.2, 0.25) is 10.9 Å². The number of benzene rings is 1. The first kappa shape index (κ1) is 22.9. The number of carbonyl (C=O) groups excluding carboxylic acids is 2. The van der Waals surface area contributed by atoms with E-state index in [1.165, 1.54) is 16.4 Å². The van der Waals surface area contributed by atoms with Crippen LogP contribution in [-0.4, -0.2) is 69.4 Å². The van der Waals surface area contributed by atoms with Crippen molar-refractivity contribution in [2.75, 3.05) is 39.9 Å². The lowest BCUT2D eigenvalue weighted by molar-refractivity contribution is 0.0482. The van der Waals surface area contributed by atoms with Crippen molar-refractivity contribution in [3.8, 4) is 5.75 Å². The summed E-state index contributed by atoms with van der Waals surface area (Å²) in [6, 6.07) is 7.81. The Labute approximate surface area is 190 Å². The molecule has 1 amide bonds. The van der Waals surface area contributed by atoms with E-state index in [4.69, 9.17) is 18.3 Å². The fourth-order valence-electron chi connectivity index (χ4n) is 3.70. The minimum Gasteiger partial charge on any atom is -0.497 e. The summed E-state index contributed by atoms with van der Waals surface area (Å²) in [6.07, 6.45) is 0. The van der Waals surface area contributed by atoms with E-state index in [1.54, 1.807) is 38.0 Å². The molecule has 1 aliphatic rings. The number of nitrogens with zero attached hydrogens (tertiary/aromatic N) is 2. The highest BCUT2D eigenvalue weighted by Crippen LogP contribution is 2.30. The largest absolute Gasteiger partial charge is 0.497 e. The third-order valence-electron chi connectivity index (χ3n) is 5.52. The molecule has 1 saturated heterocycles. The van der Waals surface area contributed by atoms with Crippen molar-refractivity contribution >= 4 is 32.9 Å². The molecule has 11 heteroatoms. The van der Waals surface area contributed by atoms with Crippen molar-refractivity contribution in [2.45, 2.75) is 18.9 Å². The number of hydrogen-bond donors (Lipinski definition) is 0. The number of rotatable bonds is 6. The predicted molar refractivity (Wildman–Crippen MR) is 117 cm³/mol. The number of furan rings is 2. The van der Waals surface area contributed by atoms with E-state index in [1.807, 2.05) is 6.07 Å². The van der Waals surface area contributed by atoms with Gasteiger partial charge in [0, 0.05) is 37.1 Å². The van der Waals surface area contributed by atoms with E-state index < -0.39 is 16.0 Å². The summed E-state index contributed by atoms with van der Waals surface area (Å²) >= 11 is 0. The number of ether oxygens (including phenoxy) is 2. The van der Waals surface area contributed by atoms with Gasteiger partial charge < -0.3 is 23.2 Å². The molecule has 0 spiro atoms. The average molecular weight is 477 g/mol. The van der Waals surface area contributed by atoms with Gasteiger partial charge in [0.25, 0.3) is 15.9 Å². The Morgan fingerprint density at radius 1 is 1.06 bits per heavy atom. The smallest absolute Gasteiger partial charge is 0.374 e. The summed E-state index contributed by atoms with van der Waals surface area (Å²) in [4.78, 5) is 26.4. The molecular formula is C22H24N2O8S. The molecule has 1 fully saturated rings. The Morgan fingerprint density at radius 3 is 2.45 bits per heavy atom. The van der Waals surface area contributed by atoms with Crippen LogP contribution in [0.2, 0.25) is 0 Å². The van der Waals surface area contributed by atoms with Gasteiger partial charge in [-0.05, 0) is 44.2 Å². The van der Waals surface area contributed by atoms with Crippen LogP contribution in [0.3, 0.4) is 0 Å². The van der Waals surface area contributed by atoms with E-state index in [9.17, 15) is 18.0 Å². The van der Waals surface area contributed by atoms with Gasteiger partial charge in [-0.3, -0.25) is 4.79 Å². The Kier molecular flexibility index (Phi) is 6.17. The highest BCUT2D eigenvalue weighted by Gasteiger charge is 2.34. The van der Waals surface area contributed by atoms with Crippen LogP contribution in [0.1, 0.15) is 33.6 Å². The molecule has 0 saturated carbocycles. The third kappa shape index (κ3) is 4.21. The number of esters is 1. The Bertz CT molecular complexity index is 1300. The molecule has 3 heterocycles. The third-order valence-corrected chi connectivity index (χ3v) is 7.29. The minimum atomic E-state index is -3.96. The summed E-state index contributed by atoms with van der Waals surface area (Å²) in [5.74, 6) is -0.329. The lowest BCUT2D eigenvalue weighted by Gasteiger charge is -2.33. The van der Waals surface area contributed by atoms with E-state index in [0.717, 1.165) is 5.39 Å². The van der Waals surface area contributed by atoms with Crippen LogP contribution in [0.4, 0.5) is 0 Å². The second-order valence-corrected chi connectivity index (χ2v) is 9.32. The van der Waals surface area contributed by atoms with Gasteiger partial charge in [0.15, 0.2) is 5.76 Å². The number of hydrogen-bond acceptors (Lipinski definition) is 8. The standard InChI is InChI=1S/C22H24N2O8S/c1-4-30-22(26)18-7-8-19(31-18)33(27,28)24-11-9-23(10-12-24)21(25)20-14(2)16-13-15(29-3)5-6-17(16)32-20/h5-8,13H,4,9-12H2,1-3H3. The Morgan fingerprint density at radius 2 is 1.79 bits per heavy atom. The summed E-state index contributed by atoms with van der Waals surface area (Å²) in [5.41, 5.74) is 1.28. The zero-order valence-corrected chi connectivity index (χ0v) is 19.3. The molecular weight excluding hydrogens is 452 g/mol. The lowest BCUT2D eigenvalue weighted by Crippen LogP contribution is -2.50. The molecule has 1 aliphatic heterocycles. The molecule has 0 N–H and O–H groups in total. The number of carbonyl (C=O) groups is 2. The fourth-order valence-corrected chi connectivity index (χ4v) is 5.04. The van der Waals surface area contributed by atoms with Crippen LogP contribution in [-0.2, 0) is 14.8 Å². The maximum Gasteiger partial charge on any atom is 0.374 e. The number of piperazine rings is 1. The van der Waals surface area contributed by atoms with Crippen LogP contribution >= 0.6 is 0 Å². The van der Waals surface area contributed by atoms with E-state index in [-0.39, 0.29) is 55.3 Å². The monoisotopic (exact) mass is 476 g/mol. The second-order valence-electron chi connectivity index (χ2n) is 7.45. The fraction of sp³-hybridized carbons (Fsp3) is 0.364. The van der Waals surface area contributed by atoms with E-state index in [0.29, 0.717) is 16.9 Å². The molecule has 3 aromatic rings. The highest BCUT2D eigenvalue weighted by molar-refractivity contribution is 7.89. The van der Waals surface area contributed by atoms with Crippen molar-refractivity contribution < 1.29 is 36.3 Å². The zero-order valence-electron chi connectivity index (χ0n) is 18.5. The molecule has 0 aliphatic carbocycles. The molecule has 0 bridgehead atoms. The first-order chi connectivity index (χ1) is 15.8. The highest BCUT2D eigenvalue weighted by atomic mass is 32.2. The van der Waals surface area contributed by atoms with Crippen molar-refractivity contribution in [1.82, 2.24) is 9.21 Å². The van der Waals surface area contributed by atoms with Crippen molar-refractivity contribution in [1.29, 1.82) is 0 Å².